The van der Waals surface area contributed by atoms with Gasteiger partial charge in [-0.05, 0) is 49.7 Å². The molecular weight excluding hydrogens is 470 g/mol. The number of ether oxygens (including phenoxy) is 1. The number of nitrogens with one attached hydrogen (secondary N) is 1. The Morgan fingerprint density at radius 1 is 1.17 bits per heavy atom. The van der Waals surface area contributed by atoms with Crippen LogP contribution in [-0.2, 0) is 4.79 Å². The first-order chi connectivity index (χ1) is 16.9. The molecule has 0 saturated carbocycles. The molecule has 11 heteroatoms. The third-order valence-electron chi connectivity index (χ3n) is 5.25. The molecule has 0 fully saturated rings. The number of thiazole rings is 1. The Balaban J connectivity index is 1.62. The van der Waals surface area contributed by atoms with Gasteiger partial charge in [-0.2, -0.15) is 5.10 Å². The highest BCUT2D eigenvalue weighted by Gasteiger charge is 2.18. The van der Waals surface area contributed by atoms with Gasteiger partial charge in [-0.15, -0.1) is 11.3 Å². The monoisotopic (exact) mass is 489 g/mol. The van der Waals surface area contributed by atoms with Crippen molar-refractivity contribution < 1.29 is 18.9 Å². The summed E-state index contributed by atoms with van der Waals surface area (Å²) in [6.07, 6.45) is 1.40. The van der Waals surface area contributed by atoms with Gasteiger partial charge in [0, 0.05) is 10.9 Å². The summed E-state index contributed by atoms with van der Waals surface area (Å²) >= 11 is 1.39. The average Bonchev–Trinajstić information content (AvgIpc) is 3.46. The van der Waals surface area contributed by atoms with Gasteiger partial charge in [-0.3, -0.25) is 14.9 Å². The first-order valence-corrected chi connectivity index (χ1v) is 11.4. The number of carbonyl (C=O) groups excluding carboxylic acids is 1. The van der Waals surface area contributed by atoms with Crippen LogP contribution in [0.3, 0.4) is 0 Å². The number of hydrogen-bond acceptors (Lipinski definition) is 8. The number of fused-ring (bicyclic) bond motifs is 1. The molecule has 0 bridgehead atoms. The number of benzene rings is 2. The van der Waals surface area contributed by atoms with Crippen LogP contribution < -0.4 is 14.9 Å². The largest absolute Gasteiger partial charge is 0.482 e. The van der Waals surface area contributed by atoms with Crippen molar-refractivity contribution in [1.82, 2.24) is 4.68 Å². The van der Waals surface area contributed by atoms with Gasteiger partial charge in [0.1, 0.15) is 10.7 Å². The fourth-order valence-electron chi connectivity index (χ4n) is 3.59. The predicted molar refractivity (Wildman–Crippen MR) is 131 cm³/mol. The highest BCUT2D eigenvalue weighted by molar-refractivity contribution is 7.07. The van der Waals surface area contributed by atoms with Crippen LogP contribution in [0.15, 0.2) is 68.4 Å². The van der Waals surface area contributed by atoms with Crippen molar-refractivity contribution in [3.63, 3.8) is 0 Å². The van der Waals surface area contributed by atoms with E-state index in [0.29, 0.717) is 21.9 Å². The van der Waals surface area contributed by atoms with Crippen molar-refractivity contribution in [1.29, 1.82) is 0 Å². The van der Waals surface area contributed by atoms with E-state index in [1.807, 2.05) is 37.4 Å². The van der Waals surface area contributed by atoms with Crippen LogP contribution in [0.25, 0.3) is 11.3 Å². The van der Waals surface area contributed by atoms with Crippen molar-refractivity contribution >= 4 is 40.7 Å². The van der Waals surface area contributed by atoms with E-state index in [1.165, 1.54) is 29.7 Å². The molecule has 2 aromatic carbocycles. The quantitative estimate of drug-likeness (QED) is 0.245. The van der Waals surface area contributed by atoms with Gasteiger partial charge in [-0.1, -0.05) is 17.7 Å². The van der Waals surface area contributed by atoms with Gasteiger partial charge in [-0.25, -0.2) is 9.67 Å². The fourth-order valence-corrected chi connectivity index (χ4v) is 4.44. The number of carbonyl (C=O) groups is 1. The lowest BCUT2D eigenvalue weighted by molar-refractivity contribution is -0.402. The molecule has 4 aromatic rings. The van der Waals surface area contributed by atoms with Gasteiger partial charge in [0.2, 0.25) is 4.80 Å². The van der Waals surface area contributed by atoms with Crippen LogP contribution in [0.5, 0.6) is 5.75 Å². The number of furan rings is 1. The fraction of sp³-hybridized carbons (Fsp3) is 0.125. The molecule has 1 aliphatic heterocycles. The van der Waals surface area contributed by atoms with E-state index in [2.05, 4.69) is 16.5 Å². The number of aryl methyl sites for hydroxylation is 2. The predicted octanol–water partition coefficient (Wildman–Crippen LogP) is 4.78. The third kappa shape index (κ3) is 4.62. The molecule has 1 N–H and O–H groups in total. The summed E-state index contributed by atoms with van der Waals surface area (Å²) in [6.45, 7) is 3.98. The van der Waals surface area contributed by atoms with E-state index in [-0.39, 0.29) is 24.2 Å². The molecule has 0 unspecified atom stereocenters. The Labute approximate surface area is 203 Å². The molecule has 0 saturated heterocycles. The molecule has 5 rings (SSSR count). The molecule has 0 aliphatic carbocycles. The van der Waals surface area contributed by atoms with Crippen LogP contribution in [0, 0.1) is 24.0 Å². The van der Waals surface area contributed by atoms with Gasteiger partial charge < -0.3 is 14.5 Å². The Morgan fingerprint density at radius 3 is 2.80 bits per heavy atom. The number of amides is 1. The van der Waals surface area contributed by atoms with E-state index in [1.54, 1.807) is 16.8 Å². The van der Waals surface area contributed by atoms with E-state index >= 15 is 0 Å². The normalized spacial score (nSPS) is 13.5. The summed E-state index contributed by atoms with van der Waals surface area (Å²) < 4.78 is 12.3. The second-order valence-electron chi connectivity index (χ2n) is 7.84. The van der Waals surface area contributed by atoms with E-state index in [0.717, 1.165) is 22.4 Å². The lowest BCUT2D eigenvalue weighted by Gasteiger charge is -2.18. The second-order valence-corrected chi connectivity index (χ2v) is 8.68. The number of hydrogen-bond donors (Lipinski definition) is 1. The molecule has 0 spiro atoms. The van der Waals surface area contributed by atoms with Crippen LogP contribution in [0.4, 0.5) is 17.3 Å². The zero-order valence-electron chi connectivity index (χ0n) is 18.7. The number of nitro groups is 1. The zero-order chi connectivity index (χ0) is 24.5. The Morgan fingerprint density at radius 2 is 2.03 bits per heavy atom. The Kier molecular flexibility index (Phi) is 5.75. The smallest absolute Gasteiger partial charge is 0.433 e. The molecule has 1 amide bonds. The maximum Gasteiger partial charge on any atom is 0.433 e. The zero-order valence-corrected chi connectivity index (χ0v) is 19.5. The maximum absolute atomic E-state index is 11.8. The minimum Gasteiger partial charge on any atom is -0.482 e. The van der Waals surface area contributed by atoms with Crippen LogP contribution in [-0.4, -0.2) is 28.3 Å². The molecule has 3 heterocycles. The molecule has 1 aliphatic rings. The Hall–Kier alpha value is -4.51. The maximum atomic E-state index is 11.8. The van der Waals surface area contributed by atoms with Crippen LogP contribution in [0.2, 0.25) is 0 Å². The van der Waals surface area contributed by atoms with Crippen molar-refractivity contribution in [2.75, 3.05) is 11.9 Å². The van der Waals surface area contributed by atoms with Gasteiger partial charge >= 0.3 is 5.88 Å². The van der Waals surface area contributed by atoms with Gasteiger partial charge in [0.05, 0.1) is 29.3 Å². The van der Waals surface area contributed by atoms with E-state index in [4.69, 9.17) is 14.1 Å². The lowest BCUT2D eigenvalue weighted by atomic mass is 10.1. The number of rotatable bonds is 5. The molecule has 10 nitrogen and oxygen atoms in total. The first kappa shape index (κ1) is 22.3. The van der Waals surface area contributed by atoms with Crippen LogP contribution >= 0.6 is 11.3 Å². The summed E-state index contributed by atoms with van der Waals surface area (Å²) in [5.74, 6) is 0.218. The van der Waals surface area contributed by atoms with Crippen molar-refractivity contribution in [2.24, 2.45) is 10.1 Å². The summed E-state index contributed by atoms with van der Waals surface area (Å²) in [5.41, 5.74) is 5.00. The standard InChI is InChI=1S/C24H19N5O5S/c1-14-3-6-18(15(2)9-14)27-24-28(25-11-17-5-8-23(34-17)29(31)32)20(13-35-24)16-4-7-21-19(10-16)26-22(30)12-33-21/h3-11,13H,12H2,1-2H3,(H,26,30). The first-order valence-electron chi connectivity index (χ1n) is 10.6. The van der Waals surface area contributed by atoms with Gasteiger partial charge in [0.15, 0.2) is 12.4 Å². The minimum absolute atomic E-state index is 0.0245. The summed E-state index contributed by atoms with van der Waals surface area (Å²) in [7, 11) is 0. The van der Waals surface area contributed by atoms with Crippen LogP contribution in [0.1, 0.15) is 16.9 Å². The highest BCUT2D eigenvalue weighted by atomic mass is 32.1. The third-order valence-corrected chi connectivity index (χ3v) is 6.07. The van der Waals surface area contributed by atoms with E-state index in [9.17, 15) is 14.9 Å². The molecule has 0 radical (unpaired) electrons. The van der Waals surface area contributed by atoms with Crippen molar-refractivity contribution in [3.8, 4) is 17.0 Å². The molecule has 2 aromatic heterocycles. The summed E-state index contributed by atoms with van der Waals surface area (Å²) in [5, 5.41) is 20.2. The lowest BCUT2D eigenvalue weighted by Crippen LogP contribution is -2.25. The van der Waals surface area contributed by atoms with Crippen molar-refractivity contribution in [3.05, 3.63) is 85.7 Å². The SMILES string of the molecule is Cc1ccc(N=c2scc(-c3ccc4c(c3)NC(=O)CO4)n2N=Cc2ccc([N+](=O)[O-])o2)c(C)c1. The molecule has 176 valence electrons. The highest BCUT2D eigenvalue weighted by Crippen LogP contribution is 2.33. The number of nitrogens with zero attached hydrogens (tertiary/aromatic N) is 4. The number of anilines is 1. The van der Waals surface area contributed by atoms with Crippen molar-refractivity contribution in [2.45, 2.75) is 13.8 Å². The molecular formula is C24H19N5O5S. The second kappa shape index (κ2) is 9.03. The Bertz CT molecular complexity index is 1560. The minimum atomic E-state index is -0.606. The molecule has 0 atom stereocenters. The topological polar surface area (TPSA) is 124 Å². The summed E-state index contributed by atoms with van der Waals surface area (Å²) in [6, 6.07) is 14.2. The van der Waals surface area contributed by atoms with E-state index < -0.39 is 4.92 Å². The summed E-state index contributed by atoms with van der Waals surface area (Å²) in [4.78, 5) is 27.5. The molecule has 35 heavy (non-hydrogen) atoms. The average molecular weight is 490 g/mol. The van der Waals surface area contributed by atoms with Gasteiger partial charge in [0.25, 0.3) is 5.91 Å². The number of aromatic nitrogens is 1.